The van der Waals surface area contributed by atoms with Gasteiger partial charge in [-0.25, -0.2) is 0 Å². The van der Waals surface area contributed by atoms with Crippen LogP contribution in [0.25, 0.3) is 0 Å². The van der Waals surface area contributed by atoms with Gasteiger partial charge in [0.1, 0.15) is 0 Å². The molecule has 1 amide bonds. The van der Waals surface area contributed by atoms with Crippen molar-refractivity contribution >= 4 is 17.5 Å². The second kappa shape index (κ2) is 6.06. The van der Waals surface area contributed by atoms with E-state index in [1.807, 2.05) is 12.1 Å². The molecule has 116 valence electrons. The number of pyridine rings is 1. The second-order valence-corrected chi connectivity index (χ2v) is 5.99. The Morgan fingerprint density at radius 2 is 2.18 bits per heavy atom. The first-order valence-electron chi connectivity index (χ1n) is 7.13. The summed E-state index contributed by atoms with van der Waals surface area (Å²) in [6, 6.07) is 3.84. The predicted molar refractivity (Wildman–Crippen MR) is 81.7 cm³/mol. The second-order valence-electron chi connectivity index (χ2n) is 5.61. The minimum absolute atomic E-state index is 0.00478. The number of aliphatic hydroxyl groups excluding tert-OH is 1. The lowest BCUT2D eigenvalue weighted by Crippen LogP contribution is -2.30. The number of rotatable bonds is 3. The lowest BCUT2D eigenvalue weighted by Gasteiger charge is -2.15. The van der Waals surface area contributed by atoms with E-state index in [0.717, 1.165) is 5.56 Å². The van der Waals surface area contributed by atoms with Crippen molar-refractivity contribution in [1.29, 1.82) is 0 Å². The number of β-amino-alcohol motifs (C(OH)–C–C–N with tert-alkyl or cyclic N) is 1. The number of hydrogen-bond donors (Lipinski definition) is 2. The Bertz CT molecular complexity index is 673. The minimum atomic E-state index is -0.545. The normalized spacial score (nSPS) is 21.3. The molecule has 0 spiro atoms. The van der Waals surface area contributed by atoms with Crippen LogP contribution in [-0.4, -0.2) is 50.3 Å². The minimum Gasteiger partial charge on any atom is -0.391 e. The van der Waals surface area contributed by atoms with Crippen LogP contribution >= 0.6 is 11.6 Å². The van der Waals surface area contributed by atoms with E-state index >= 15 is 0 Å². The molecule has 0 bridgehead atoms. The summed E-state index contributed by atoms with van der Waals surface area (Å²) >= 11 is 6.07. The van der Waals surface area contributed by atoms with E-state index in [2.05, 4.69) is 15.2 Å². The van der Waals surface area contributed by atoms with Crippen molar-refractivity contribution in [3.05, 3.63) is 46.5 Å². The predicted octanol–water partition coefficient (Wildman–Crippen LogP) is 1.44. The quantitative estimate of drug-likeness (QED) is 0.896. The van der Waals surface area contributed by atoms with Crippen molar-refractivity contribution in [1.82, 2.24) is 20.1 Å². The molecule has 0 saturated carbocycles. The molecule has 1 saturated heterocycles. The molecule has 3 rings (SSSR count). The van der Waals surface area contributed by atoms with Crippen LogP contribution in [0.15, 0.2) is 24.5 Å². The van der Waals surface area contributed by atoms with E-state index < -0.39 is 6.10 Å². The number of hydrogen-bond acceptors (Lipinski definition) is 4. The average molecular weight is 321 g/mol. The summed E-state index contributed by atoms with van der Waals surface area (Å²) < 4.78 is 0. The van der Waals surface area contributed by atoms with Crippen molar-refractivity contribution in [2.24, 2.45) is 5.92 Å². The zero-order valence-corrected chi connectivity index (χ0v) is 12.9. The third kappa shape index (κ3) is 2.84. The van der Waals surface area contributed by atoms with Crippen LogP contribution in [-0.2, 0) is 6.42 Å². The van der Waals surface area contributed by atoms with Crippen molar-refractivity contribution in [3.8, 4) is 0 Å². The summed E-state index contributed by atoms with van der Waals surface area (Å²) in [5.74, 6) is -0.240. The van der Waals surface area contributed by atoms with Crippen molar-refractivity contribution < 1.29 is 9.90 Å². The topological polar surface area (TPSA) is 82.1 Å². The fraction of sp³-hybridized carbons (Fsp3) is 0.400. The number of halogens is 1. The van der Waals surface area contributed by atoms with E-state index in [9.17, 15) is 9.90 Å². The third-order valence-corrected chi connectivity index (χ3v) is 4.48. The monoisotopic (exact) mass is 320 g/mol. The largest absolute Gasteiger partial charge is 0.391 e. The SMILES string of the molecule is Cc1[nH]nc(C(=O)N2C[C@@H](Cc3ccncc3)[C@@H](O)C2)c1Cl. The van der Waals surface area contributed by atoms with Crippen LogP contribution in [0.1, 0.15) is 21.7 Å². The van der Waals surface area contributed by atoms with Crippen LogP contribution in [0, 0.1) is 12.8 Å². The van der Waals surface area contributed by atoms with Gasteiger partial charge >= 0.3 is 0 Å². The number of aromatic nitrogens is 3. The number of carbonyl (C=O) groups excluding carboxylic acids is 1. The zero-order valence-electron chi connectivity index (χ0n) is 12.2. The van der Waals surface area contributed by atoms with Gasteiger partial charge in [-0.05, 0) is 31.0 Å². The van der Waals surface area contributed by atoms with E-state index in [-0.39, 0.29) is 17.5 Å². The summed E-state index contributed by atoms with van der Waals surface area (Å²) in [6.45, 7) is 2.55. The van der Waals surface area contributed by atoms with Crippen molar-refractivity contribution in [2.45, 2.75) is 19.4 Å². The first kappa shape index (κ1) is 15.0. The van der Waals surface area contributed by atoms with Gasteiger partial charge in [0.05, 0.1) is 16.8 Å². The highest BCUT2D eigenvalue weighted by atomic mass is 35.5. The first-order chi connectivity index (χ1) is 10.6. The molecule has 2 aromatic heterocycles. The number of aryl methyl sites for hydroxylation is 1. The molecule has 0 unspecified atom stereocenters. The molecule has 1 aliphatic rings. The number of aromatic amines is 1. The maximum Gasteiger partial charge on any atom is 0.276 e. The molecule has 2 N–H and O–H groups in total. The Labute approximate surface area is 133 Å². The molecule has 3 heterocycles. The fourth-order valence-corrected chi connectivity index (χ4v) is 2.91. The lowest BCUT2D eigenvalue weighted by atomic mass is 9.97. The number of amides is 1. The number of nitrogens with zero attached hydrogens (tertiary/aromatic N) is 3. The zero-order chi connectivity index (χ0) is 15.7. The van der Waals surface area contributed by atoms with E-state index in [1.165, 1.54) is 0 Å². The molecule has 1 fully saturated rings. The van der Waals surface area contributed by atoms with Gasteiger partial charge in [0.25, 0.3) is 5.91 Å². The number of likely N-dealkylation sites (tertiary alicyclic amines) is 1. The summed E-state index contributed by atoms with van der Waals surface area (Å²) in [7, 11) is 0. The molecule has 2 atom stereocenters. The Hall–Kier alpha value is -1.92. The molecule has 1 aliphatic heterocycles. The van der Waals surface area contributed by atoms with Gasteiger partial charge in [0.2, 0.25) is 0 Å². The molecular formula is C15H17ClN4O2. The van der Waals surface area contributed by atoms with Crippen molar-refractivity contribution in [2.75, 3.05) is 13.1 Å². The number of H-pyrrole nitrogens is 1. The molecular weight excluding hydrogens is 304 g/mol. The lowest BCUT2D eigenvalue weighted by molar-refractivity contribution is 0.0759. The van der Waals surface area contributed by atoms with Crippen LogP contribution in [0.3, 0.4) is 0 Å². The standard InChI is InChI=1S/C15H17ClN4O2/c1-9-13(16)14(19-18-9)15(22)20-7-11(12(21)8-20)6-10-2-4-17-5-3-10/h2-5,11-12,21H,6-8H2,1H3,(H,18,19)/t11-,12+/m1/s1. The Balaban J connectivity index is 1.70. The van der Waals surface area contributed by atoms with Gasteiger partial charge in [0, 0.05) is 31.4 Å². The first-order valence-corrected chi connectivity index (χ1v) is 7.50. The third-order valence-electron chi connectivity index (χ3n) is 4.02. The maximum absolute atomic E-state index is 12.5. The highest BCUT2D eigenvalue weighted by molar-refractivity contribution is 6.34. The van der Waals surface area contributed by atoms with Gasteiger partial charge in [-0.3, -0.25) is 14.9 Å². The molecule has 0 aromatic carbocycles. The molecule has 2 aromatic rings. The number of aliphatic hydroxyl groups is 1. The van der Waals surface area contributed by atoms with Crippen molar-refractivity contribution in [3.63, 3.8) is 0 Å². The molecule has 0 radical (unpaired) electrons. The van der Waals surface area contributed by atoms with Gasteiger partial charge in [-0.2, -0.15) is 5.10 Å². The maximum atomic E-state index is 12.5. The highest BCUT2D eigenvalue weighted by Crippen LogP contribution is 2.25. The molecule has 0 aliphatic carbocycles. The van der Waals surface area contributed by atoms with Gasteiger partial charge in [-0.15, -0.1) is 0 Å². The molecule has 22 heavy (non-hydrogen) atoms. The van der Waals surface area contributed by atoms with Crippen LogP contribution in [0.4, 0.5) is 0 Å². The Kier molecular flexibility index (Phi) is 4.13. The summed E-state index contributed by atoms with van der Waals surface area (Å²) in [4.78, 5) is 18.1. The number of nitrogens with one attached hydrogen (secondary N) is 1. The van der Waals surface area contributed by atoms with E-state index in [1.54, 1.807) is 24.2 Å². The Morgan fingerprint density at radius 1 is 1.45 bits per heavy atom. The molecule has 6 nitrogen and oxygen atoms in total. The average Bonchev–Trinajstić information content (AvgIpc) is 3.04. The van der Waals surface area contributed by atoms with Gasteiger partial charge in [0.15, 0.2) is 5.69 Å². The van der Waals surface area contributed by atoms with Gasteiger partial charge < -0.3 is 10.0 Å². The molecule has 7 heteroatoms. The Morgan fingerprint density at radius 3 is 2.82 bits per heavy atom. The number of carbonyl (C=O) groups is 1. The fourth-order valence-electron chi connectivity index (χ4n) is 2.75. The smallest absolute Gasteiger partial charge is 0.276 e. The van der Waals surface area contributed by atoms with Crippen LogP contribution < -0.4 is 0 Å². The van der Waals surface area contributed by atoms with E-state index in [4.69, 9.17) is 11.6 Å². The summed E-state index contributed by atoms with van der Waals surface area (Å²) in [6.07, 6.45) is 3.62. The summed E-state index contributed by atoms with van der Waals surface area (Å²) in [5.41, 5.74) is 1.98. The van der Waals surface area contributed by atoms with E-state index in [0.29, 0.717) is 30.2 Å². The van der Waals surface area contributed by atoms with Crippen LogP contribution in [0.5, 0.6) is 0 Å². The van der Waals surface area contributed by atoms with Crippen LogP contribution in [0.2, 0.25) is 5.02 Å². The highest BCUT2D eigenvalue weighted by Gasteiger charge is 2.35. The summed E-state index contributed by atoms with van der Waals surface area (Å²) in [5, 5.41) is 17.2. The van der Waals surface area contributed by atoms with Gasteiger partial charge in [-0.1, -0.05) is 11.6 Å².